The summed E-state index contributed by atoms with van der Waals surface area (Å²) in [6, 6.07) is 13.8. The van der Waals surface area contributed by atoms with Crippen LogP contribution in [0, 0.1) is 0 Å². The van der Waals surface area contributed by atoms with Crippen molar-refractivity contribution in [2.75, 3.05) is 23.8 Å². The highest BCUT2D eigenvalue weighted by Gasteiger charge is 2.15. The summed E-state index contributed by atoms with van der Waals surface area (Å²) in [6.07, 6.45) is -0.686. The number of benzene rings is 2. The van der Waals surface area contributed by atoms with Gasteiger partial charge in [-0.2, -0.15) is 0 Å². The molecule has 0 bridgehead atoms. The number of hydrogen-bond acceptors (Lipinski definition) is 6. The lowest BCUT2D eigenvalue weighted by molar-refractivity contribution is -0.150. The number of anilines is 2. The maximum atomic E-state index is 11.7. The van der Waals surface area contributed by atoms with Crippen LogP contribution in [0.1, 0.15) is 31.1 Å². The maximum absolute atomic E-state index is 11.7. The summed E-state index contributed by atoms with van der Waals surface area (Å²) in [5, 5.41) is 6.48. The lowest BCUT2D eigenvalue weighted by Gasteiger charge is -2.14. The minimum atomic E-state index is -0.686. The van der Waals surface area contributed by atoms with Gasteiger partial charge in [0.25, 0.3) is 0 Å². The first kappa shape index (κ1) is 22.2. The third-order valence-electron chi connectivity index (χ3n) is 3.70. The molecule has 0 heterocycles. The van der Waals surface area contributed by atoms with Gasteiger partial charge in [-0.25, -0.2) is 9.59 Å². The highest BCUT2D eigenvalue weighted by molar-refractivity contribution is 7.80. The van der Waals surface area contributed by atoms with E-state index >= 15 is 0 Å². The van der Waals surface area contributed by atoms with E-state index in [4.69, 9.17) is 26.4 Å². The summed E-state index contributed by atoms with van der Waals surface area (Å²) in [6.45, 7) is 5.79. The molecule has 0 aliphatic rings. The van der Waals surface area contributed by atoms with Gasteiger partial charge in [0.1, 0.15) is 5.75 Å². The lowest BCUT2D eigenvalue weighted by atomic mass is 10.2. The van der Waals surface area contributed by atoms with Crippen LogP contribution < -0.4 is 15.4 Å². The van der Waals surface area contributed by atoms with Gasteiger partial charge in [-0.3, -0.25) is 0 Å². The summed E-state index contributed by atoms with van der Waals surface area (Å²) in [7, 11) is 0. The summed E-state index contributed by atoms with van der Waals surface area (Å²) < 4.78 is 15.4. The van der Waals surface area contributed by atoms with E-state index in [-0.39, 0.29) is 5.97 Å². The van der Waals surface area contributed by atoms with Crippen LogP contribution in [0.4, 0.5) is 11.4 Å². The monoisotopic (exact) mass is 416 g/mol. The number of rotatable bonds is 8. The van der Waals surface area contributed by atoms with Crippen molar-refractivity contribution in [3.63, 3.8) is 0 Å². The predicted octanol–water partition coefficient (Wildman–Crippen LogP) is 4.00. The van der Waals surface area contributed by atoms with Gasteiger partial charge in [0.2, 0.25) is 0 Å². The zero-order chi connectivity index (χ0) is 21.2. The van der Waals surface area contributed by atoms with Gasteiger partial charge in [-0.1, -0.05) is 0 Å². The standard InChI is InChI=1S/C21H24N2O5S/c1-4-26-19(24)14(3)28-18-12-10-17(11-13-18)23-21(29)22-16-8-6-15(7-9-16)20(25)27-5-2/h6-14H,4-5H2,1-3H3,(H2,22,23,29). The largest absolute Gasteiger partial charge is 0.479 e. The Balaban J connectivity index is 1.87. The van der Waals surface area contributed by atoms with Crippen molar-refractivity contribution in [2.24, 2.45) is 0 Å². The molecule has 0 saturated carbocycles. The summed E-state index contributed by atoms with van der Waals surface area (Å²) >= 11 is 5.30. The topological polar surface area (TPSA) is 85.9 Å². The molecule has 2 aromatic rings. The van der Waals surface area contributed by atoms with Crippen molar-refractivity contribution in [3.8, 4) is 5.75 Å². The van der Waals surface area contributed by atoms with E-state index in [1.165, 1.54) is 0 Å². The molecule has 0 saturated heterocycles. The van der Waals surface area contributed by atoms with Crippen molar-refractivity contribution in [3.05, 3.63) is 54.1 Å². The van der Waals surface area contributed by atoms with Gasteiger partial charge in [0.15, 0.2) is 11.2 Å². The smallest absolute Gasteiger partial charge is 0.347 e. The molecular formula is C21H24N2O5S. The van der Waals surface area contributed by atoms with Crippen molar-refractivity contribution in [1.82, 2.24) is 0 Å². The van der Waals surface area contributed by atoms with Crippen LogP contribution in [0.15, 0.2) is 48.5 Å². The predicted molar refractivity (Wildman–Crippen MR) is 115 cm³/mol. The van der Waals surface area contributed by atoms with Crippen LogP contribution in [0.3, 0.4) is 0 Å². The summed E-state index contributed by atoms with van der Waals surface area (Å²) in [5.41, 5.74) is 1.96. The van der Waals surface area contributed by atoms with E-state index in [1.807, 2.05) is 0 Å². The fourth-order valence-electron chi connectivity index (χ4n) is 2.33. The third kappa shape index (κ3) is 7.08. The second-order valence-electron chi connectivity index (χ2n) is 5.91. The van der Waals surface area contributed by atoms with Crippen molar-refractivity contribution < 1.29 is 23.8 Å². The lowest BCUT2D eigenvalue weighted by Crippen LogP contribution is -2.26. The number of hydrogen-bond donors (Lipinski definition) is 2. The number of carbonyl (C=O) groups excluding carboxylic acids is 2. The highest BCUT2D eigenvalue weighted by atomic mass is 32.1. The molecule has 0 aliphatic heterocycles. The minimum Gasteiger partial charge on any atom is -0.479 e. The third-order valence-corrected chi connectivity index (χ3v) is 3.90. The van der Waals surface area contributed by atoms with E-state index in [9.17, 15) is 9.59 Å². The van der Waals surface area contributed by atoms with Gasteiger partial charge in [0.05, 0.1) is 18.8 Å². The Morgan fingerprint density at radius 1 is 0.897 bits per heavy atom. The zero-order valence-corrected chi connectivity index (χ0v) is 17.4. The first-order chi connectivity index (χ1) is 13.9. The highest BCUT2D eigenvalue weighted by Crippen LogP contribution is 2.18. The normalized spacial score (nSPS) is 11.1. The van der Waals surface area contributed by atoms with Crippen molar-refractivity contribution in [2.45, 2.75) is 26.9 Å². The van der Waals surface area contributed by atoms with Gasteiger partial charge < -0.3 is 24.8 Å². The molecule has 0 radical (unpaired) electrons. The van der Waals surface area contributed by atoms with Gasteiger partial charge in [-0.15, -0.1) is 0 Å². The average Bonchev–Trinajstić information content (AvgIpc) is 2.70. The summed E-state index contributed by atoms with van der Waals surface area (Å²) in [5.74, 6) is -0.224. The number of nitrogens with one attached hydrogen (secondary N) is 2. The fourth-order valence-corrected chi connectivity index (χ4v) is 2.56. The van der Waals surface area contributed by atoms with E-state index in [2.05, 4.69) is 10.6 Å². The second-order valence-corrected chi connectivity index (χ2v) is 6.32. The minimum absolute atomic E-state index is 0.311. The van der Waals surface area contributed by atoms with E-state index in [0.29, 0.717) is 29.6 Å². The number of carbonyl (C=O) groups is 2. The molecule has 8 heteroatoms. The van der Waals surface area contributed by atoms with Crippen LogP contribution in [0.5, 0.6) is 5.75 Å². The molecule has 154 valence electrons. The Kier molecular flexibility index (Phi) is 8.42. The number of ether oxygens (including phenoxy) is 3. The molecule has 2 N–H and O–H groups in total. The average molecular weight is 416 g/mol. The Bertz CT molecular complexity index is 837. The molecule has 0 amide bonds. The van der Waals surface area contributed by atoms with E-state index < -0.39 is 12.1 Å². The fraction of sp³-hybridized carbons (Fsp3) is 0.286. The quantitative estimate of drug-likeness (QED) is 0.493. The Labute approximate surface area is 175 Å². The molecule has 29 heavy (non-hydrogen) atoms. The number of esters is 2. The Morgan fingerprint density at radius 3 is 1.93 bits per heavy atom. The molecule has 0 fully saturated rings. The van der Waals surface area contributed by atoms with Crippen LogP contribution in [0.25, 0.3) is 0 Å². The first-order valence-electron chi connectivity index (χ1n) is 9.21. The second kappa shape index (κ2) is 11.0. The molecule has 0 aliphatic carbocycles. The molecule has 0 spiro atoms. The molecular weight excluding hydrogens is 392 g/mol. The Morgan fingerprint density at radius 2 is 1.41 bits per heavy atom. The SMILES string of the molecule is CCOC(=O)c1ccc(NC(=S)Nc2ccc(OC(C)C(=O)OCC)cc2)cc1. The van der Waals surface area contributed by atoms with Crippen LogP contribution >= 0.6 is 12.2 Å². The molecule has 1 atom stereocenters. The number of thiocarbonyl (C=S) groups is 1. The van der Waals surface area contributed by atoms with Crippen LogP contribution in [-0.4, -0.2) is 36.4 Å². The van der Waals surface area contributed by atoms with Gasteiger partial charge >= 0.3 is 11.9 Å². The molecule has 2 aromatic carbocycles. The zero-order valence-electron chi connectivity index (χ0n) is 16.6. The molecule has 7 nitrogen and oxygen atoms in total. The van der Waals surface area contributed by atoms with E-state index in [1.54, 1.807) is 69.3 Å². The molecule has 0 aromatic heterocycles. The Hall–Kier alpha value is -3.13. The van der Waals surface area contributed by atoms with Gasteiger partial charge in [-0.05, 0) is 81.5 Å². The van der Waals surface area contributed by atoms with Crippen molar-refractivity contribution >= 4 is 40.6 Å². The van der Waals surface area contributed by atoms with Crippen LogP contribution in [-0.2, 0) is 14.3 Å². The summed E-state index contributed by atoms with van der Waals surface area (Å²) in [4.78, 5) is 23.3. The van der Waals surface area contributed by atoms with E-state index in [0.717, 1.165) is 11.4 Å². The van der Waals surface area contributed by atoms with Crippen molar-refractivity contribution in [1.29, 1.82) is 0 Å². The van der Waals surface area contributed by atoms with Crippen LogP contribution in [0.2, 0.25) is 0 Å². The first-order valence-corrected chi connectivity index (χ1v) is 9.62. The molecule has 1 unspecified atom stereocenters. The van der Waals surface area contributed by atoms with Gasteiger partial charge in [0, 0.05) is 11.4 Å². The molecule has 2 rings (SSSR count). The maximum Gasteiger partial charge on any atom is 0.347 e.